The summed E-state index contributed by atoms with van der Waals surface area (Å²) in [6, 6.07) is 11.1. The fraction of sp³-hybridized carbons (Fsp3) is 0.263. The van der Waals surface area contributed by atoms with Gasteiger partial charge in [0.1, 0.15) is 6.54 Å². The number of carbonyl (C=O) groups is 2. The molecule has 1 N–H and O–H groups in total. The van der Waals surface area contributed by atoms with Crippen LogP contribution in [0, 0.1) is 6.92 Å². The maximum atomic E-state index is 12.6. The number of anilines is 2. The maximum Gasteiger partial charge on any atom is 0.340 e. The summed E-state index contributed by atoms with van der Waals surface area (Å²) in [6.45, 7) is 3.11. The number of para-hydroxylation sites is 1. The van der Waals surface area contributed by atoms with Gasteiger partial charge in [0.2, 0.25) is 15.9 Å². The highest BCUT2D eigenvalue weighted by Gasteiger charge is 2.23. The molecular weight excluding hydrogens is 404 g/mol. The van der Waals surface area contributed by atoms with Gasteiger partial charge in [-0.05, 0) is 43.7 Å². The van der Waals surface area contributed by atoms with E-state index in [1.807, 2.05) is 0 Å². The SMILES string of the molecule is CCOC(=O)c1ccccc1NC(=O)CN(c1cc(Cl)ccc1C)S(C)(=O)=O. The first-order valence-electron chi connectivity index (χ1n) is 8.43. The van der Waals surface area contributed by atoms with E-state index in [4.69, 9.17) is 16.3 Å². The number of esters is 1. The van der Waals surface area contributed by atoms with Crippen LogP contribution in [0.15, 0.2) is 42.5 Å². The fourth-order valence-electron chi connectivity index (χ4n) is 2.53. The molecule has 0 fully saturated rings. The number of hydrogen-bond acceptors (Lipinski definition) is 5. The average molecular weight is 425 g/mol. The second-order valence-corrected chi connectivity index (χ2v) is 8.36. The van der Waals surface area contributed by atoms with Gasteiger partial charge in [0.25, 0.3) is 0 Å². The minimum Gasteiger partial charge on any atom is -0.462 e. The van der Waals surface area contributed by atoms with Gasteiger partial charge >= 0.3 is 5.97 Å². The predicted octanol–water partition coefficient (Wildman–Crippen LogP) is 3.23. The molecule has 150 valence electrons. The molecule has 0 saturated carbocycles. The summed E-state index contributed by atoms with van der Waals surface area (Å²) in [7, 11) is -3.76. The second-order valence-electron chi connectivity index (χ2n) is 6.01. The lowest BCUT2D eigenvalue weighted by Gasteiger charge is -2.24. The van der Waals surface area contributed by atoms with Gasteiger partial charge in [-0.2, -0.15) is 0 Å². The quantitative estimate of drug-likeness (QED) is 0.689. The number of amides is 1. The molecule has 0 aliphatic rings. The van der Waals surface area contributed by atoms with Gasteiger partial charge in [-0.1, -0.05) is 29.8 Å². The number of benzene rings is 2. The summed E-state index contributed by atoms with van der Waals surface area (Å²) in [4.78, 5) is 24.6. The van der Waals surface area contributed by atoms with Crippen molar-refractivity contribution in [2.75, 3.05) is 29.0 Å². The van der Waals surface area contributed by atoms with Crippen LogP contribution in [0.1, 0.15) is 22.8 Å². The van der Waals surface area contributed by atoms with Gasteiger partial charge in [0, 0.05) is 5.02 Å². The summed E-state index contributed by atoms with van der Waals surface area (Å²) in [5, 5.41) is 2.93. The van der Waals surface area contributed by atoms with Crippen LogP contribution in [-0.2, 0) is 19.6 Å². The van der Waals surface area contributed by atoms with Crippen molar-refractivity contribution in [2.45, 2.75) is 13.8 Å². The zero-order valence-electron chi connectivity index (χ0n) is 15.7. The third-order valence-corrected chi connectivity index (χ3v) is 5.19. The highest BCUT2D eigenvalue weighted by molar-refractivity contribution is 7.92. The molecule has 0 aromatic heterocycles. The summed E-state index contributed by atoms with van der Waals surface area (Å²) < 4.78 is 30.5. The van der Waals surface area contributed by atoms with E-state index in [2.05, 4.69) is 5.32 Å². The van der Waals surface area contributed by atoms with Crippen LogP contribution in [0.5, 0.6) is 0 Å². The molecule has 2 rings (SSSR count). The number of rotatable bonds is 7. The number of sulfonamides is 1. The molecule has 0 unspecified atom stereocenters. The number of aryl methyl sites for hydroxylation is 1. The van der Waals surface area contributed by atoms with Crippen LogP contribution in [0.3, 0.4) is 0 Å². The van der Waals surface area contributed by atoms with Gasteiger partial charge < -0.3 is 10.1 Å². The Balaban J connectivity index is 2.29. The molecule has 0 saturated heterocycles. The van der Waals surface area contributed by atoms with E-state index in [0.717, 1.165) is 10.6 Å². The normalized spacial score (nSPS) is 11.0. The van der Waals surface area contributed by atoms with Crippen LogP contribution in [0.2, 0.25) is 5.02 Å². The minimum atomic E-state index is -3.76. The number of nitrogens with one attached hydrogen (secondary N) is 1. The Morgan fingerprint density at radius 2 is 1.86 bits per heavy atom. The van der Waals surface area contributed by atoms with E-state index in [-0.39, 0.29) is 17.9 Å². The highest BCUT2D eigenvalue weighted by atomic mass is 35.5. The molecule has 7 nitrogen and oxygen atoms in total. The van der Waals surface area contributed by atoms with E-state index in [9.17, 15) is 18.0 Å². The van der Waals surface area contributed by atoms with Crippen LogP contribution in [0.4, 0.5) is 11.4 Å². The molecule has 0 spiro atoms. The van der Waals surface area contributed by atoms with E-state index in [1.165, 1.54) is 12.1 Å². The first-order chi connectivity index (χ1) is 13.1. The molecule has 9 heteroatoms. The smallest absolute Gasteiger partial charge is 0.340 e. The zero-order chi connectivity index (χ0) is 20.9. The van der Waals surface area contributed by atoms with Gasteiger partial charge in [0.05, 0.1) is 29.8 Å². The monoisotopic (exact) mass is 424 g/mol. The molecule has 0 aliphatic carbocycles. The zero-order valence-corrected chi connectivity index (χ0v) is 17.3. The Morgan fingerprint density at radius 1 is 1.18 bits per heavy atom. The standard InChI is InChI=1S/C19H21ClN2O5S/c1-4-27-19(24)15-7-5-6-8-16(15)21-18(23)12-22(28(3,25)26)17-11-14(20)10-9-13(17)2/h5-11H,4,12H2,1-3H3,(H,21,23). The van der Waals surface area contributed by atoms with Crippen molar-refractivity contribution < 1.29 is 22.7 Å². The third kappa shape index (κ3) is 5.46. The highest BCUT2D eigenvalue weighted by Crippen LogP contribution is 2.26. The minimum absolute atomic E-state index is 0.183. The van der Waals surface area contributed by atoms with Crippen molar-refractivity contribution in [2.24, 2.45) is 0 Å². The second kappa shape index (κ2) is 9.07. The molecule has 2 aromatic rings. The number of nitrogens with zero attached hydrogens (tertiary/aromatic N) is 1. The van der Waals surface area contributed by atoms with Crippen molar-refractivity contribution in [1.82, 2.24) is 0 Å². The molecule has 0 heterocycles. The lowest BCUT2D eigenvalue weighted by Crippen LogP contribution is -2.38. The summed E-state index contributed by atoms with van der Waals surface area (Å²) in [5.41, 5.74) is 1.38. The van der Waals surface area contributed by atoms with E-state index < -0.39 is 28.4 Å². The number of hydrogen-bond donors (Lipinski definition) is 1. The Kier molecular flexibility index (Phi) is 7.04. The van der Waals surface area contributed by atoms with E-state index in [1.54, 1.807) is 44.2 Å². The summed E-state index contributed by atoms with van der Waals surface area (Å²) >= 11 is 5.99. The third-order valence-electron chi connectivity index (χ3n) is 3.82. The molecule has 0 aliphatic heterocycles. The molecule has 0 radical (unpaired) electrons. The van der Waals surface area contributed by atoms with Crippen LogP contribution >= 0.6 is 11.6 Å². The van der Waals surface area contributed by atoms with Gasteiger partial charge in [-0.25, -0.2) is 13.2 Å². The lowest BCUT2D eigenvalue weighted by atomic mass is 10.1. The van der Waals surface area contributed by atoms with E-state index in [0.29, 0.717) is 16.3 Å². The summed E-state index contributed by atoms with van der Waals surface area (Å²) in [5.74, 6) is -1.19. The topological polar surface area (TPSA) is 92.8 Å². The van der Waals surface area contributed by atoms with Crippen molar-refractivity contribution in [3.05, 3.63) is 58.6 Å². The van der Waals surface area contributed by atoms with E-state index >= 15 is 0 Å². The van der Waals surface area contributed by atoms with Gasteiger partial charge in [-0.3, -0.25) is 9.10 Å². The molecule has 1 amide bonds. The Labute approximate surface area is 169 Å². The first kappa shape index (κ1) is 21.7. The van der Waals surface area contributed by atoms with Gasteiger partial charge in [0.15, 0.2) is 0 Å². The first-order valence-corrected chi connectivity index (χ1v) is 10.7. The molecule has 0 bridgehead atoms. The molecule has 28 heavy (non-hydrogen) atoms. The maximum absolute atomic E-state index is 12.6. The summed E-state index contributed by atoms with van der Waals surface area (Å²) in [6.07, 6.45) is 1.01. The van der Waals surface area contributed by atoms with Crippen molar-refractivity contribution in [1.29, 1.82) is 0 Å². The lowest BCUT2D eigenvalue weighted by molar-refractivity contribution is -0.114. The van der Waals surface area contributed by atoms with Crippen molar-refractivity contribution in [3.63, 3.8) is 0 Å². The number of halogens is 1. The number of carbonyl (C=O) groups excluding carboxylic acids is 2. The average Bonchev–Trinajstić information content (AvgIpc) is 2.61. The van der Waals surface area contributed by atoms with Crippen molar-refractivity contribution in [3.8, 4) is 0 Å². The molecular formula is C19H21ClN2O5S. The Bertz CT molecular complexity index is 992. The predicted molar refractivity (Wildman–Crippen MR) is 109 cm³/mol. The van der Waals surface area contributed by atoms with Crippen molar-refractivity contribution >= 4 is 44.9 Å². The molecule has 2 aromatic carbocycles. The van der Waals surface area contributed by atoms with Gasteiger partial charge in [-0.15, -0.1) is 0 Å². The van der Waals surface area contributed by atoms with Crippen LogP contribution in [0.25, 0.3) is 0 Å². The largest absolute Gasteiger partial charge is 0.462 e. The number of ether oxygens (including phenoxy) is 1. The Hall–Kier alpha value is -2.58. The molecule has 0 atom stereocenters. The van der Waals surface area contributed by atoms with Crippen LogP contribution < -0.4 is 9.62 Å². The fourth-order valence-corrected chi connectivity index (χ4v) is 3.60. The van der Waals surface area contributed by atoms with Crippen LogP contribution in [-0.4, -0.2) is 39.7 Å². The Morgan fingerprint density at radius 3 is 2.50 bits per heavy atom.